The Morgan fingerprint density at radius 3 is 2.77 bits per heavy atom. The molecule has 0 unspecified atom stereocenters. The normalized spacial score (nSPS) is 10.8. The van der Waals surface area contributed by atoms with Crippen molar-refractivity contribution in [2.24, 2.45) is 0 Å². The van der Waals surface area contributed by atoms with E-state index in [4.69, 9.17) is 4.42 Å². The lowest BCUT2D eigenvalue weighted by molar-refractivity contribution is 0.251. The maximum atomic E-state index is 12.9. The van der Waals surface area contributed by atoms with Crippen molar-refractivity contribution in [2.45, 2.75) is 6.54 Å². The van der Waals surface area contributed by atoms with E-state index < -0.39 is 0 Å². The molecule has 2 aromatic heterocycles. The van der Waals surface area contributed by atoms with Crippen LogP contribution in [0.4, 0.5) is 14.3 Å². The number of hydrogen-bond acceptors (Lipinski definition) is 4. The maximum absolute atomic E-state index is 12.9. The number of para-hydroxylation sites is 1. The predicted molar refractivity (Wildman–Crippen MR) is 99.6 cm³/mol. The fourth-order valence-corrected chi connectivity index (χ4v) is 3.17. The highest BCUT2D eigenvalue weighted by Gasteiger charge is 2.11. The van der Waals surface area contributed by atoms with Gasteiger partial charge in [0.15, 0.2) is 10.9 Å². The van der Waals surface area contributed by atoms with E-state index in [2.05, 4.69) is 15.6 Å². The third kappa shape index (κ3) is 3.57. The molecule has 0 saturated heterocycles. The highest BCUT2D eigenvalue weighted by Crippen LogP contribution is 2.30. The number of hydrogen-bond donors (Lipinski definition) is 2. The van der Waals surface area contributed by atoms with Gasteiger partial charge in [0, 0.05) is 17.3 Å². The summed E-state index contributed by atoms with van der Waals surface area (Å²) in [4.78, 5) is 16.4. The zero-order chi connectivity index (χ0) is 17.9. The lowest BCUT2D eigenvalue weighted by Gasteiger charge is -2.05. The summed E-state index contributed by atoms with van der Waals surface area (Å²) in [6.45, 7) is 0.300. The first-order valence-corrected chi connectivity index (χ1v) is 8.79. The first-order chi connectivity index (χ1) is 12.7. The largest absolute Gasteiger partial charge is 0.454 e. The first kappa shape index (κ1) is 16.3. The van der Waals surface area contributed by atoms with Gasteiger partial charge in [0.05, 0.1) is 0 Å². The summed E-state index contributed by atoms with van der Waals surface area (Å²) in [7, 11) is 0. The number of thiazole rings is 1. The summed E-state index contributed by atoms with van der Waals surface area (Å²) >= 11 is 1.31. The van der Waals surface area contributed by atoms with Crippen molar-refractivity contribution in [1.29, 1.82) is 0 Å². The van der Waals surface area contributed by atoms with Crippen molar-refractivity contribution in [3.8, 4) is 11.5 Å². The van der Waals surface area contributed by atoms with Crippen molar-refractivity contribution in [3.63, 3.8) is 0 Å². The van der Waals surface area contributed by atoms with Gasteiger partial charge in [-0.25, -0.2) is 14.2 Å². The van der Waals surface area contributed by atoms with Crippen molar-refractivity contribution in [1.82, 2.24) is 10.3 Å². The second-order valence-corrected chi connectivity index (χ2v) is 6.48. The number of fused-ring (bicyclic) bond motifs is 1. The van der Waals surface area contributed by atoms with Crippen LogP contribution in [-0.2, 0) is 6.54 Å². The average Bonchev–Trinajstić information content (AvgIpc) is 3.27. The minimum Gasteiger partial charge on any atom is -0.454 e. The molecule has 2 N–H and O–H groups in total. The second kappa shape index (κ2) is 6.97. The molecule has 7 heteroatoms. The van der Waals surface area contributed by atoms with Crippen LogP contribution in [0.1, 0.15) is 5.56 Å². The molecule has 0 atom stereocenters. The topological polar surface area (TPSA) is 67.2 Å². The lowest BCUT2D eigenvalue weighted by Crippen LogP contribution is -2.28. The second-order valence-electron chi connectivity index (χ2n) is 5.62. The highest BCUT2D eigenvalue weighted by molar-refractivity contribution is 7.14. The van der Waals surface area contributed by atoms with Crippen LogP contribution in [0.3, 0.4) is 0 Å². The van der Waals surface area contributed by atoms with Gasteiger partial charge >= 0.3 is 6.03 Å². The van der Waals surface area contributed by atoms with Gasteiger partial charge < -0.3 is 9.73 Å². The zero-order valence-corrected chi connectivity index (χ0v) is 14.3. The summed E-state index contributed by atoms with van der Waals surface area (Å²) < 4.78 is 18.6. The number of furan rings is 1. The molecule has 26 heavy (non-hydrogen) atoms. The molecule has 0 aliphatic carbocycles. The number of carbonyl (C=O) groups is 1. The number of aromatic nitrogens is 1. The Morgan fingerprint density at radius 2 is 1.96 bits per heavy atom. The van der Waals surface area contributed by atoms with Crippen molar-refractivity contribution in [2.75, 3.05) is 5.32 Å². The molecule has 0 bridgehead atoms. The third-order valence-corrected chi connectivity index (χ3v) is 4.53. The highest BCUT2D eigenvalue weighted by atomic mass is 32.1. The monoisotopic (exact) mass is 367 g/mol. The Bertz CT molecular complexity index is 1020. The molecule has 4 rings (SSSR count). The van der Waals surface area contributed by atoms with Crippen LogP contribution in [0, 0.1) is 5.82 Å². The molecule has 130 valence electrons. The van der Waals surface area contributed by atoms with Gasteiger partial charge in [-0.3, -0.25) is 5.32 Å². The Kier molecular flexibility index (Phi) is 4.37. The number of halogens is 1. The fourth-order valence-electron chi connectivity index (χ4n) is 2.48. The number of urea groups is 1. The fraction of sp³-hybridized carbons (Fsp3) is 0.0526. The molecule has 4 aromatic rings. The Labute approximate surface area is 152 Å². The summed E-state index contributed by atoms with van der Waals surface area (Å²) in [5.41, 5.74) is 2.27. The molecule has 5 nitrogen and oxygen atoms in total. The average molecular weight is 367 g/mol. The Morgan fingerprint density at radius 1 is 1.15 bits per heavy atom. The Balaban J connectivity index is 1.39. The van der Waals surface area contributed by atoms with Gasteiger partial charge in [-0.15, -0.1) is 11.3 Å². The number of nitrogens with zero attached hydrogens (tertiary/aromatic N) is 1. The molecule has 0 radical (unpaired) electrons. The van der Waals surface area contributed by atoms with E-state index in [1.807, 2.05) is 35.7 Å². The molecule has 2 aromatic carbocycles. The van der Waals surface area contributed by atoms with Gasteiger partial charge in [-0.2, -0.15) is 0 Å². The molecule has 2 amide bonds. The van der Waals surface area contributed by atoms with E-state index in [9.17, 15) is 9.18 Å². The van der Waals surface area contributed by atoms with Gasteiger partial charge in [-0.1, -0.05) is 30.3 Å². The summed E-state index contributed by atoms with van der Waals surface area (Å²) in [5.74, 6) is 0.348. The number of nitrogens with one attached hydrogen (secondary N) is 2. The molecule has 0 spiro atoms. The van der Waals surface area contributed by atoms with Gasteiger partial charge in [0.1, 0.15) is 17.1 Å². The van der Waals surface area contributed by atoms with Crippen LogP contribution >= 0.6 is 11.3 Å². The molecule has 0 aliphatic rings. The van der Waals surface area contributed by atoms with Crippen molar-refractivity contribution in [3.05, 3.63) is 71.4 Å². The van der Waals surface area contributed by atoms with Gasteiger partial charge in [-0.05, 0) is 29.8 Å². The minimum absolute atomic E-state index is 0.300. The van der Waals surface area contributed by atoms with Crippen LogP contribution in [0.25, 0.3) is 22.4 Å². The quantitative estimate of drug-likeness (QED) is 0.532. The summed E-state index contributed by atoms with van der Waals surface area (Å²) in [5, 5.41) is 8.70. The van der Waals surface area contributed by atoms with Crippen LogP contribution in [-0.4, -0.2) is 11.0 Å². The first-order valence-electron chi connectivity index (χ1n) is 7.91. The van der Waals surface area contributed by atoms with E-state index in [0.29, 0.717) is 23.1 Å². The van der Waals surface area contributed by atoms with E-state index in [0.717, 1.165) is 16.5 Å². The number of amides is 2. The smallest absolute Gasteiger partial charge is 0.321 e. The van der Waals surface area contributed by atoms with Crippen LogP contribution in [0.15, 0.2) is 64.4 Å². The molecule has 0 fully saturated rings. The van der Waals surface area contributed by atoms with Crippen LogP contribution in [0.2, 0.25) is 0 Å². The molecule has 2 heterocycles. The molecule has 0 aliphatic heterocycles. The number of anilines is 1. The summed E-state index contributed by atoms with van der Waals surface area (Å²) in [6, 6.07) is 15.2. The van der Waals surface area contributed by atoms with Gasteiger partial charge in [0.25, 0.3) is 0 Å². The zero-order valence-electron chi connectivity index (χ0n) is 13.5. The standard InChI is InChI=1S/C19H14FN3O2S/c20-14-7-5-12(6-8-14)10-21-18(24)23-19-22-15(11-26-19)17-9-13-3-1-2-4-16(13)25-17/h1-9,11H,10H2,(H2,21,22,23,24). The third-order valence-electron chi connectivity index (χ3n) is 3.77. The predicted octanol–water partition coefficient (Wildman–Crippen LogP) is 5.02. The Hall–Kier alpha value is -3.19. The SMILES string of the molecule is O=C(NCc1ccc(F)cc1)Nc1nc(-c2cc3ccccc3o2)cs1. The number of rotatable bonds is 4. The lowest BCUT2D eigenvalue weighted by atomic mass is 10.2. The van der Waals surface area contributed by atoms with Crippen molar-refractivity contribution < 1.29 is 13.6 Å². The summed E-state index contributed by atoms with van der Waals surface area (Å²) in [6.07, 6.45) is 0. The minimum atomic E-state index is -0.375. The van der Waals surface area contributed by atoms with E-state index in [1.54, 1.807) is 12.1 Å². The molecular formula is C19H14FN3O2S. The maximum Gasteiger partial charge on any atom is 0.321 e. The molecule has 0 saturated carbocycles. The number of carbonyl (C=O) groups excluding carboxylic acids is 1. The van der Waals surface area contributed by atoms with Crippen LogP contribution < -0.4 is 10.6 Å². The number of benzene rings is 2. The van der Waals surface area contributed by atoms with E-state index in [-0.39, 0.29) is 11.8 Å². The molecular weight excluding hydrogens is 353 g/mol. The van der Waals surface area contributed by atoms with E-state index in [1.165, 1.54) is 23.5 Å². The van der Waals surface area contributed by atoms with E-state index >= 15 is 0 Å². The van der Waals surface area contributed by atoms with Gasteiger partial charge in [0.2, 0.25) is 0 Å². The van der Waals surface area contributed by atoms with Crippen molar-refractivity contribution >= 4 is 33.5 Å². The van der Waals surface area contributed by atoms with Crippen LogP contribution in [0.5, 0.6) is 0 Å².